The highest BCUT2D eigenvalue weighted by atomic mass is 32.2. The molecule has 2 aromatic rings. The highest BCUT2D eigenvalue weighted by Gasteiger charge is 2.28. The number of benzene rings is 2. The summed E-state index contributed by atoms with van der Waals surface area (Å²) in [6, 6.07) is 7.59. The quantitative estimate of drug-likeness (QED) is 0.208. The predicted molar refractivity (Wildman–Crippen MR) is 104 cm³/mol. The SMILES string of the molecule is COc1cccc(NC(=O)CC(C)=O)c1N=Nc1cccc([N+](=O)[O-])c1S(=O)(=O)O. The van der Waals surface area contributed by atoms with E-state index in [-0.39, 0.29) is 29.3 Å². The number of nitrogens with one attached hydrogen (secondary N) is 1. The van der Waals surface area contributed by atoms with Crippen LogP contribution in [0, 0.1) is 10.1 Å². The number of ether oxygens (including phenoxy) is 1. The van der Waals surface area contributed by atoms with Gasteiger partial charge in [-0.3, -0.25) is 24.3 Å². The lowest BCUT2D eigenvalue weighted by atomic mass is 10.2. The lowest BCUT2D eigenvalue weighted by Gasteiger charge is -2.10. The molecule has 0 unspecified atom stereocenters. The molecule has 2 aromatic carbocycles. The number of rotatable bonds is 8. The number of hydrogen-bond acceptors (Lipinski definition) is 9. The summed E-state index contributed by atoms with van der Waals surface area (Å²) in [7, 11) is -3.69. The van der Waals surface area contributed by atoms with Gasteiger partial charge in [-0.25, -0.2) is 0 Å². The minimum Gasteiger partial charge on any atom is -0.494 e. The zero-order chi connectivity index (χ0) is 22.5. The van der Waals surface area contributed by atoms with Gasteiger partial charge in [0.15, 0.2) is 10.6 Å². The molecule has 0 aliphatic rings. The second kappa shape index (κ2) is 9.19. The molecule has 30 heavy (non-hydrogen) atoms. The van der Waals surface area contributed by atoms with E-state index < -0.39 is 37.2 Å². The Kier molecular flexibility index (Phi) is 6.92. The van der Waals surface area contributed by atoms with Crippen molar-refractivity contribution in [2.75, 3.05) is 12.4 Å². The molecule has 0 spiro atoms. The number of nitro groups is 1. The van der Waals surface area contributed by atoms with Crippen LogP contribution in [0.5, 0.6) is 5.75 Å². The number of ketones is 1. The van der Waals surface area contributed by atoms with E-state index in [4.69, 9.17) is 4.74 Å². The van der Waals surface area contributed by atoms with E-state index in [1.807, 2.05) is 0 Å². The monoisotopic (exact) mass is 436 g/mol. The van der Waals surface area contributed by atoms with Crippen LogP contribution in [0.3, 0.4) is 0 Å². The van der Waals surface area contributed by atoms with Crippen molar-refractivity contribution in [1.82, 2.24) is 0 Å². The first-order valence-corrected chi connectivity index (χ1v) is 9.61. The molecule has 0 heterocycles. The van der Waals surface area contributed by atoms with Crippen LogP contribution in [0.25, 0.3) is 0 Å². The summed E-state index contributed by atoms with van der Waals surface area (Å²) in [4.78, 5) is 32.1. The van der Waals surface area contributed by atoms with Crippen LogP contribution in [0.4, 0.5) is 22.7 Å². The third-order valence-corrected chi connectivity index (χ3v) is 4.52. The number of amides is 1. The second-order valence-electron chi connectivity index (χ2n) is 5.84. The number of nitrogens with zero attached hydrogens (tertiary/aromatic N) is 3. The van der Waals surface area contributed by atoms with E-state index in [2.05, 4.69) is 15.5 Å². The summed E-state index contributed by atoms with van der Waals surface area (Å²) in [5, 5.41) is 21.1. The standard InChI is InChI=1S/C17H16N4O8S/c1-10(22)9-15(23)18-11-5-4-8-14(29-2)16(11)20-19-12-6-3-7-13(21(24)25)17(12)30(26,27)28/h3-8H,9H2,1-2H3,(H,18,23)(H,26,27,28). The third-order valence-electron chi connectivity index (χ3n) is 3.59. The Morgan fingerprint density at radius 1 is 1.20 bits per heavy atom. The fraction of sp³-hybridized carbons (Fsp3) is 0.176. The molecular formula is C17H16N4O8S. The first-order chi connectivity index (χ1) is 14.0. The topological polar surface area (TPSA) is 178 Å². The van der Waals surface area contributed by atoms with E-state index in [9.17, 15) is 32.7 Å². The Labute approximate surface area is 170 Å². The van der Waals surface area contributed by atoms with Crippen molar-refractivity contribution in [2.24, 2.45) is 10.2 Å². The largest absolute Gasteiger partial charge is 0.494 e. The zero-order valence-electron chi connectivity index (χ0n) is 15.7. The van der Waals surface area contributed by atoms with Crippen molar-refractivity contribution in [3.63, 3.8) is 0 Å². The van der Waals surface area contributed by atoms with Gasteiger partial charge in [-0.2, -0.15) is 8.42 Å². The van der Waals surface area contributed by atoms with Crippen LogP contribution in [0.1, 0.15) is 13.3 Å². The second-order valence-corrected chi connectivity index (χ2v) is 7.20. The average Bonchev–Trinajstić information content (AvgIpc) is 2.64. The van der Waals surface area contributed by atoms with E-state index >= 15 is 0 Å². The summed E-state index contributed by atoms with van der Waals surface area (Å²) in [5.74, 6) is -0.854. The summed E-state index contributed by atoms with van der Waals surface area (Å²) in [5.41, 5.74) is -1.32. The number of nitro benzene ring substituents is 1. The van der Waals surface area contributed by atoms with Gasteiger partial charge in [0.2, 0.25) is 5.91 Å². The number of carbonyl (C=O) groups excluding carboxylic acids is 2. The van der Waals surface area contributed by atoms with E-state index in [1.165, 1.54) is 38.3 Å². The van der Waals surface area contributed by atoms with Gasteiger partial charge >= 0.3 is 10.1 Å². The number of methoxy groups -OCH3 is 1. The van der Waals surface area contributed by atoms with E-state index in [0.717, 1.165) is 12.1 Å². The fourth-order valence-electron chi connectivity index (χ4n) is 2.42. The van der Waals surface area contributed by atoms with Crippen molar-refractivity contribution >= 4 is 44.6 Å². The molecule has 0 aromatic heterocycles. The summed E-state index contributed by atoms with van der Waals surface area (Å²) in [6.07, 6.45) is -0.383. The van der Waals surface area contributed by atoms with Gasteiger partial charge in [0.25, 0.3) is 5.69 Å². The molecule has 0 aliphatic heterocycles. The normalized spacial score (nSPS) is 11.3. The maximum absolute atomic E-state index is 11.9. The van der Waals surface area contributed by atoms with Gasteiger partial charge in [0, 0.05) is 6.07 Å². The van der Waals surface area contributed by atoms with Gasteiger partial charge in [0.05, 0.1) is 24.1 Å². The number of azo groups is 1. The molecule has 1 amide bonds. The van der Waals surface area contributed by atoms with Gasteiger partial charge in [-0.1, -0.05) is 12.1 Å². The number of carbonyl (C=O) groups is 2. The molecule has 0 saturated carbocycles. The summed E-state index contributed by atoms with van der Waals surface area (Å²) in [6.45, 7) is 1.24. The maximum Gasteiger partial charge on any atom is 0.303 e. The van der Waals surface area contributed by atoms with Gasteiger partial charge in [0.1, 0.15) is 17.2 Å². The molecule has 0 aliphatic carbocycles. The molecule has 0 fully saturated rings. The Morgan fingerprint density at radius 2 is 1.87 bits per heavy atom. The van der Waals surface area contributed by atoms with E-state index in [1.54, 1.807) is 0 Å². The van der Waals surface area contributed by atoms with E-state index in [0.29, 0.717) is 0 Å². The molecule has 0 saturated heterocycles. The van der Waals surface area contributed by atoms with Crippen LogP contribution >= 0.6 is 0 Å². The minimum absolute atomic E-state index is 0.0373. The van der Waals surface area contributed by atoms with Crippen LogP contribution in [0.2, 0.25) is 0 Å². The van der Waals surface area contributed by atoms with Crippen molar-refractivity contribution in [3.8, 4) is 5.75 Å². The van der Waals surface area contributed by atoms with Crippen LogP contribution in [-0.4, -0.2) is 36.7 Å². The summed E-state index contributed by atoms with van der Waals surface area (Å²) < 4.78 is 37.9. The Hall–Kier alpha value is -3.71. The van der Waals surface area contributed by atoms with Crippen molar-refractivity contribution in [3.05, 3.63) is 46.5 Å². The third kappa shape index (κ3) is 5.42. The van der Waals surface area contributed by atoms with Crippen molar-refractivity contribution in [2.45, 2.75) is 18.2 Å². The Morgan fingerprint density at radius 3 is 2.43 bits per heavy atom. The number of Topliss-reactive ketones (excluding diaryl/α,β-unsaturated/α-hetero) is 1. The molecular weight excluding hydrogens is 420 g/mol. The van der Waals surface area contributed by atoms with Crippen LogP contribution < -0.4 is 10.1 Å². The fourth-order valence-corrected chi connectivity index (χ4v) is 3.20. The molecule has 2 N–H and O–H groups in total. The van der Waals surface area contributed by atoms with Crippen LogP contribution in [0.15, 0.2) is 51.5 Å². The highest BCUT2D eigenvalue weighted by molar-refractivity contribution is 7.86. The molecule has 12 nitrogen and oxygen atoms in total. The van der Waals surface area contributed by atoms with Crippen LogP contribution in [-0.2, 0) is 19.7 Å². The Balaban J connectivity index is 2.58. The first kappa shape index (κ1) is 22.6. The predicted octanol–water partition coefficient (Wildman–Crippen LogP) is 3.18. The number of anilines is 1. The highest BCUT2D eigenvalue weighted by Crippen LogP contribution is 2.39. The van der Waals surface area contributed by atoms with Crippen molar-refractivity contribution < 1.29 is 32.2 Å². The van der Waals surface area contributed by atoms with Gasteiger partial charge < -0.3 is 10.1 Å². The maximum atomic E-state index is 11.9. The molecule has 13 heteroatoms. The smallest absolute Gasteiger partial charge is 0.303 e. The molecule has 2 rings (SSSR count). The van der Waals surface area contributed by atoms with Gasteiger partial charge in [-0.05, 0) is 25.1 Å². The van der Waals surface area contributed by atoms with Crippen molar-refractivity contribution in [1.29, 1.82) is 0 Å². The number of hydrogen-bond donors (Lipinski definition) is 2. The van der Waals surface area contributed by atoms with Gasteiger partial charge in [-0.15, -0.1) is 10.2 Å². The zero-order valence-corrected chi connectivity index (χ0v) is 16.5. The minimum atomic E-state index is -5.01. The Bertz CT molecular complexity index is 1140. The molecule has 158 valence electrons. The average molecular weight is 436 g/mol. The summed E-state index contributed by atoms with van der Waals surface area (Å²) >= 11 is 0. The molecule has 0 radical (unpaired) electrons. The lowest BCUT2D eigenvalue weighted by Crippen LogP contribution is -2.14. The first-order valence-electron chi connectivity index (χ1n) is 8.17. The molecule has 0 bridgehead atoms. The molecule has 0 atom stereocenters. The lowest BCUT2D eigenvalue weighted by molar-refractivity contribution is -0.387.